The normalized spacial score (nSPS) is 23.1. The summed E-state index contributed by atoms with van der Waals surface area (Å²) in [5.74, 6) is 0.722. The zero-order chi connectivity index (χ0) is 14.6. The average Bonchev–Trinajstić information content (AvgIpc) is 2.96. The highest BCUT2D eigenvalue weighted by Gasteiger charge is 2.39. The highest BCUT2D eigenvalue weighted by molar-refractivity contribution is 5.15. The van der Waals surface area contributed by atoms with Crippen LogP contribution in [-0.4, -0.2) is 29.6 Å². The lowest BCUT2D eigenvalue weighted by molar-refractivity contribution is 0.0668. The number of nitrogens with zero attached hydrogens (tertiary/aromatic N) is 1. The molecular weight excluding hydrogens is 244 g/mol. The molecule has 2 heteroatoms. The van der Waals surface area contributed by atoms with E-state index in [9.17, 15) is 0 Å². The van der Waals surface area contributed by atoms with Crippen LogP contribution < -0.4 is 5.73 Å². The first-order valence-corrected chi connectivity index (χ1v) is 8.07. The molecule has 1 aliphatic rings. The molecule has 2 rings (SSSR count). The van der Waals surface area contributed by atoms with Crippen LogP contribution in [0.15, 0.2) is 30.3 Å². The minimum Gasteiger partial charge on any atom is -0.329 e. The van der Waals surface area contributed by atoms with Gasteiger partial charge in [0.1, 0.15) is 0 Å². The number of hydrogen-bond donors (Lipinski definition) is 1. The predicted octanol–water partition coefficient (Wildman–Crippen LogP) is 3.46. The molecule has 0 spiro atoms. The number of rotatable bonds is 6. The standard InChI is InChI=1S/C18H30N2/c1-15(2)17-10-7-13-20(17)18(3,14-19)12-11-16-8-5-4-6-9-16/h4-6,8-9,15,17H,7,10-14,19H2,1-3H3. The number of benzene rings is 1. The molecule has 0 radical (unpaired) electrons. The number of nitrogens with two attached hydrogens (primary N) is 1. The Hall–Kier alpha value is -0.860. The largest absolute Gasteiger partial charge is 0.329 e. The molecule has 0 amide bonds. The van der Waals surface area contributed by atoms with Crippen molar-refractivity contribution in [3.05, 3.63) is 35.9 Å². The van der Waals surface area contributed by atoms with Gasteiger partial charge < -0.3 is 5.73 Å². The molecule has 1 fully saturated rings. The molecule has 20 heavy (non-hydrogen) atoms. The zero-order valence-corrected chi connectivity index (χ0v) is 13.3. The Morgan fingerprint density at radius 3 is 2.60 bits per heavy atom. The number of hydrogen-bond acceptors (Lipinski definition) is 2. The van der Waals surface area contributed by atoms with E-state index in [2.05, 4.69) is 56.0 Å². The van der Waals surface area contributed by atoms with E-state index in [0.717, 1.165) is 25.3 Å². The van der Waals surface area contributed by atoms with E-state index < -0.39 is 0 Å². The van der Waals surface area contributed by atoms with Crippen LogP contribution in [0.2, 0.25) is 0 Å². The molecule has 0 saturated carbocycles. The fraction of sp³-hybridized carbons (Fsp3) is 0.667. The summed E-state index contributed by atoms with van der Waals surface area (Å²) in [5.41, 5.74) is 7.74. The summed E-state index contributed by atoms with van der Waals surface area (Å²) in [7, 11) is 0. The first-order valence-electron chi connectivity index (χ1n) is 8.07. The van der Waals surface area contributed by atoms with Gasteiger partial charge in [0.05, 0.1) is 0 Å². The van der Waals surface area contributed by atoms with Crippen LogP contribution in [-0.2, 0) is 6.42 Å². The van der Waals surface area contributed by atoms with Gasteiger partial charge in [0.25, 0.3) is 0 Å². The number of likely N-dealkylation sites (tertiary alicyclic amines) is 1. The molecule has 112 valence electrons. The lowest BCUT2D eigenvalue weighted by atomic mass is 9.88. The molecule has 1 aromatic rings. The average molecular weight is 274 g/mol. The van der Waals surface area contributed by atoms with Crippen LogP contribution in [0.5, 0.6) is 0 Å². The van der Waals surface area contributed by atoms with Gasteiger partial charge in [0, 0.05) is 18.1 Å². The van der Waals surface area contributed by atoms with Crippen molar-refractivity contribution in [1.29, 1.82) is 0 Å². The van der Waals surface area contributed by atoms with Crippen molar-refractivity contribution in [2.75, 3.05) is 13.1 Å². The second-order valence-electron chi connectivity index (χ2n) is 6.83. The van der Waals surface area contributed by atoms with E-state index >= 15 is 0 Å². The molecule has 0 bridgehead atoms. The van der Waals surface area contributed by atoms with E-state index in [1.54, 1.807) is 0 Å². The van der Waals surface area contributed by atoms with Crippen LogP contribution in [0.25, 0.3) is 0 Å². The predicted molar refractivity (Wildman–Crippen MR) is 86.8 cm³/mol. The minimum atomic E-state index is 0.140. The molecule has 2 unspecified atom stereocenters. The first-order chi connectivity index (χ1) is 9.57. The Morgan fingerprint density at radius 1 is 1.30 bits per heavy atom. The summed E-state index contributed by atoms with van der Waals surface area (Å²) in [6.45, 7) is 9.01. The minimum absolute atomic E-state index is 0.140. The summed E-state index contributed by atoms with van der Waals surface area (Å²) in [5, 5.41) is 0. The van der Waals surface area contributed by atoms with Crippen molar-refractivity contribution >= 4 is 0 Å². The van der Waals surface area contributed by atoms with Crippen molar-refractivity contribution in [2.24, 2.45) is 11.7 Å². The Bertz CT molecular complexity index is 401. The maximum Gasteiger partial charge on any atom is 0.0309 e. The number of aryl methyl sites for hydroxylation is 1. The fourth-order valence-electron chi connectivity index (χ4n) is 3.58. The Morgan fingerprint density at radius 2 is 2.00 bits per heavy atom. The van der Waals surface area contributed by atoms with Gasteiger partial charge in [-0.3, -0.25) is 4.90 Å². The van der Waals surface area contributed by atoms with Crippen molar-refractivity contribution in [1.82, 2.24) is 4.90 Å². The summed E-state index contributed by atoms with van der Waals surface area (Å²) >= 11 is 0. The van der Waals surface area contributed by atoms with Gasteiger partial charge in [-0.25, -0.2) is 0 Å². The van der Waals surface area contributed by atoms with E-state index in [1.807, 2.05) is 0 Å². The van der Waals surface area contributed by atoms with Crippen molar-refractivity contribution in [3.8, 4) is 0 Å². The second kappa shape index (κ2) is 6.73. The first kappa shape index (κ1) is 15.5. The zero-order valence-electron chi connectivity index (χ0n) is 13.3. The van der Waals surface area contributed by atoms with Crippen LogP contribution in [0.3, 0.4) is 0 Å². The van der Waals surface area contributed by atoms with Gasteiger partial charge >= 0.3 is 0 Å². The Kier molecular flexibility index (Phi) is 5.22. The molecular formula is C18H30N2. The molecule has 1 aliphatic heterocycles. The van der Waals surface area contributed by atoms with Gasteiger partial charge in [0.15, 0.2) is 0 Å². The SMILES string of the molecule is CC(C)C1CCCN1C(C)(CN)CCc1ccccc1. The molecule has 1 saturated heterocycles. The monoisotopic (exact) mass is 274 g/mol. The fourth-order valence-corrected chi connectivity index (χ4v) is 3.58. The van der Waals surface area contributed by atoms with Crippen molar-refractivity contribution < 1.29 is 0 Å². The smallest absolute Gasteiger partial charge is 0.0309 e. The van der Waals surface area contributed by atoms with E-state index in [4.69, 9.17) is 5.73 Å². The molecule has 0 aliphatic carbocycles. The van der Waals surface area contributed by atoms with Crippen molar-refractivity contribution in [3.63, 3.8) is 0 Å². The molecule has 0 aromatic heterocycles. The molecule has 1 heterocycles. The lowest BCUT2D eigenvalue weighted by Crippen LogP contribution is -2.55. The summed E-state index contributed by atoms with van der Waals surface area (Å²) in [6.07, 6.45) is 4.93. The van der Waals surface area contributed by atoms with Crippen LogP contribution >= 0.6 is 0 Å². The lowest BCUT2D eigenvalue weighted by Gasteiger charge is -2.43. The Labute approximate surface area is 124 Å². The van der Waals surface area contributed by atoms with Gasteiger partial charge in [-0.1, -0.05) is 44.2 Å². The van der Waals surface area contributed by atoms with Crippen molar-refractivity contribution in [2.45, 2.75) is 58.0 Å². The molecule has 2 atom stereocenters. The highest BCUT2D eigenvalue weighted by Crippen LogP contribution is 2.33. The topological polar surface area (TPSA) is 29.3 Å². The summed E-state index contributed by atoms with van der Waals surface area (Å²) in [4.78, 5) is 2.70. The maximum atomic E-state index is 6.17. The maximum absolute atomic E-state index is 6.17. The van der Waals surface area contributed by atoms with Gasteiger partial charge in [-0.2, -0.15) is 0 Å². The summed E-state index contributed by atoms with van der Waals surface area (Å²) < 4.78 is 0. The van der Waals surface area contributed by atoms with Crippen LogP contribution in [0.4, 0.5) is 0 Å². The molecule has 1 aromatic carbocycles. The second-order valence-corrected chi connectivity index (χ2v) is 6.83. The third-order valence-electron chi connectivity index (χ3n) is 5.00. The summed E-state index contributed by atoms with van der Waals surface area (Å²) in [6, 6.07) is 11.5. The van der Waals surface area contributed by atoms with Gasteiger partial charge in [0.2, 0.25) is 0 Å². The highest BCUT2D eigenvalue weighted by atomic mass is 15.2. The van der Waals surface area contributed by atoms with Crippen LogP contribution in [0.1, 0.15) is 45.6 Å². The third-order valence-corrected chi connectivity index (χ3v) is 5.00. The van der Waals surface area contributed by atoms with Gasteiger partial charge in [-0.15, -0.1) is 0 Å². The Balaban J connectivity index is 2.04. The van der Waals surface area contributed by atoms with E-state index in [-0.39, 0.29) is 5.54 Å². The van der Waals surface area contributed by atoms with E-state index in [1.165, 1.54) is 24.9 Å². The molecule has 2 nitrogen and oxygen atoms in total. The van der Waals surface area contributed by atoms with Crippen LogP contribution in [0, 0.1) is 5.92 Å². The molecule has 2 N–H and O–H groups in total. The van der Waals surface area contributed by atoms with Gasteiger partial charge in [-0.05, 0) is 50.6 Å². The third kappa shape index (κ3) is 3.42. The van der Waals surface area contributed by atoms with E-state index in [0.29, 0.717) is 6.04 Å². The quantitative estimate of drug-likeness (QED) is 0.861.